The summed E-state index contributed by atoms with van der Waals surface area (Å²) in [6.07, 6.45) is -4.46. The number of hydrogen-bond acceptors (Lipinski definition) is 1. The molecule has 0 saturated heterocycles. The van der Waals surface area contributed by atoms with E-state index in [1.54, 1.807) is 12.1 Å². The second-order valence-electron chi connectivity index (χ2n) is 4.42. The third-order valence-electron chi connectivity index (χ3n) is 2.85. The van der Waals surface area contributed by atoms with Crippen molar-refractivity contribution in [3.05, 3.63) is 67.2 Å². The Morgan fingerprint density at radius 2 is 1.86 bits per heavy atom. The molecule has 0 radical (unpaired) electrons. The Morgan fingerprint density at radius 3 is 2.52 bits per heavy atom. The number of hydrogen-bond donors (Lipinski definition) is 0. The average Bonchev–Trinajstić information content (AvgIpc) is 2.41. The molecular weight excluding hydrogens is 460 g/mol. The molecule has 2 aromatic rings. The van der Waals surface area contributed by atoms with Crippen LogP contribution in [0.3, 0.4) is 0 Å². The molecule has 0 aliphatic rings. The van der Waals surface area contributed by atoms with Gasteiger partial charge in [-0.05, 0) is 52.4 Å². The number of carbonyl (C=O) groups is 1. The van der Waals surface area contributed by atoms with Gasteiger partial charge in [0.05, 0.1) is 5.56 Å². The minimum Gasteiger partial charge on any atom is -0.294 e. The molecule has 0 atom stereocenters. The Balaban J connectivity index is 2.26. The molecule has 6 heteroatoms. The first kappa shape index (κ1) is 16.5. The average molecular weight is 469 g/mol. The van der Waals surface area contributed by atoms with Gasteiger partial charge in [0.15, 0.2) is 5.78 Å². The molecule has 0 aromatic heterocycles. The number of ketones is 1. The van der Waals surface area contributed by atoms with Crippen LogP contribution in [-0.2, 0) is 12.6 Å². The Kier molecular flexibility index (Phi) is 5.08. The third-order valence-corrected chi connectivity index (χ3v) is 4.28. The Bertz CT molecular complexity index is 683. The van der Waals surface area contributed by atoms with Crippen molar-refractivity contribution in [1.82, 2.24) is 0 Å². The first-order valence-corrected chi connectivity index (χ1v) is 7.79. The lowest BCUT2D eigenvalue weighted by Crippen LogP contribution is -2.09. The summed E-state index contributed by atoms with van der Waals surface area (Å²) < 4.78 is 39.5. The van der Waals surface area contributed by atoms with Gasteiger partial charge in [0.2, 0.25) is 0 Å². The molecule has 0 aliphatic heterocycles. The maximum Gasteiger partial charge on any atom is 0.416 e. The van der Waals surface area contributed by atoms with Crippen molar-refractivity contribution in [3.8, 4) is 0 Å². The Hall–Kier alpha value is -0.890. The fourth-order valence-electron chi connectivity index (χ4n) is 1.85. The predicted octanol–water partition coefficient (Wildman–Crippen LogP) is 5.50. The van der Waals surface area contributed by atoms with E-state index in [9.17, 15) is 18.0 Å². The molecule has 21 heavy (non-hydrogen) atoms. The highest BCUT2D eigenvalue weighted by Gasteiger charge is 2.30. The highest BCUT2D eigenvalue weighted by atomic mass is 127. The van der Waals surface area contributed by atoms with Gasteiger partial charge in [-0.25, -0.2) is 0 Å². The van der Waals surface area contributed by atoms with Crippen molar-refractivity contribution in [2.24, 2.45) is 0 Å². The summed E-state index contributed by atoms with van der Waals surface area (Å²) in [4.78, 5) is 12.2. The van der Waals surface area contributed by atoms with Gasteiger partial charge in [-0.15, -0.1) is 0 Å². The molecule has 2 aromatic carbocycles. The zero-order valence-electron chi connectivity index (χ0n) is 10.5. The fourth-order valence-corrected chi connectivity index (χ4v) is 2.85. The fraction of sp³-hybridized carbons (Fsp3) is 0.133. The molecule has 1 nitrogen and oxygen atoms in total. The monoisotopic (exact) mass is 468 g/mol. The smallest absolute Gasteiger partial charge is 0.294 e. The van der Waals surface area contributed by atoms with Gasteiger partial charge in [0.25, 0.3) is 0 Å². The molecule has 0 unspecified atom stereocenters. The van der Waals surface area contributed by atoms with Crippen LogP contribution in [0.25, 0.3) is 0 Å². The minimum absolute atomic E-state index is 0.0592. The van der Waals surface area contributed by atoms with Gasteiger partial charge in [0, 0.05) is 20.0 Å². The Labute approximate surface area is 141 Å². The highest BCUT2D eigenvalue weighted by Crippen LogP contribution is 2.30. The first-order chi connectivity index (χ1) is 9.77. The van der Waals surface area contributed by atoms with Crippen molar-refractivity contribution in [3.63, 3.8) is 0 Å². The molecule has 0 saturated carbocycles. The summed E-state index contributed by atoms with van der Waals surface area (Å²) >= 11 is 5.32. The molecule has 0 fully saturated rings. The number of benzene rings is 2. The van der Waals surface area contributed by atoms with E-state index >= 15 is 0 Å². The molecule has 0 amide bonds. The van der Waals surface area contributed by atoms with Crippen molar-refractivity contribution in [2.45, 2.75) is 12.6 Å². The molecule has 0 bridgehead atoms. The second-order valence-corrected chi connectivity index (χ2v) is 6.50. The van der Waals surface area contributed by atoms with Gasteiger partial charge in [-0.3, -0.25) is 4.79 Å². The summed E-state index contributed by atoms with van der Waals surface area (Å²) in [6.45, 7) is 0. The SMILES string of the molecule is O=C(Cc1cccc(C(F)(F)F)c1)c1cc(Br)ccc1I. The van der Waals surface area contributed by atoms with E-state index in [-0.39, 0.29) is 12.2 Å². The minimum atomic E-state index is -4.40. The second kappa shape index (κ2) is 6.48. The van der Waals surface area contributed by atoms with Crippen molar-refractivity contribution in [2.75, 3.05) is 0 Å². The molecule has 0 spiro atoms. The number of alkyl halides is 3. The number of Topliss-reactive ketones (excluding diaryl/α,β-unsaturated/α-hetero) is 1. The van der Waals surface area contributed by atoms with Crippen molar-refractivity contribution < 1.29 is 18.0 Å². The summed E-state index contributed by atoms with van der Waals surface area (Å²) in [5.41, 5.74) is 0.115. The molecule has 110 valence electrons. The first-order valence-electron chi connectivity index (χ1n) is 5.92. The number of rotatable bonds is 3. The maximum absolute atomic E-state index is 12.7. The van der Waals surface area contributed by atoms with Gasteiger partial charge in [0.1, 0.15) is 0 Å². The van der Waals surface area contributed by atoms with Gasteiger partial charge in [-0.1, -0.05) is 34.1 Å². The van der Waals surface area contributed by atoms with Gasteiger partial charge >= 0.3 is 6.18 Å². The van der Waals surface area contributed by atoms with Crippen LogP contribution in [0.1, 0.15) is 21.5 Å². The van der Waals surface area contributed by atoms with Crippen molar-refractivity contribution in [1.29, 1.82) is 0 Å². The predicted molar refractivity (Wildman–Crippen MR) is 86.3 cm³/mol. The van der Waals surface area contributed by atoms with Crippen LogP contribution in [0.15, 0.2) is 46.9 Å². The van der Waals surface area contributed by atoms with E-state index in [0.29, 0.717) is 11.1 Å². The molecule has 2 rings (SSSR count). The van der Waals surface area contributed by atoms with Crippen LogP contribution in [0.5, 0.6) is 0 Å². The lowest BCUT2D eigenvalue weighted by molar-refractivity contribution is -0.137. The number of carbonyl (C=O) groups excluding carboxylic acids is 1. The summed E-state index contributed by atoms with van der Waals surface area (Å²) in [5.74, 6) is -0.208. The largest absolute Gasteiger partial charge is 0.416 e. The summed E-state index contributed by atoms with van der Waals surface area (Å²) in [7, 11) is 0. The standard InChI is InChI=1S/C15H9BrF3IO/c16-11-4-5-13(20)12(8-11)14(21)7-9-2-1-3-10(6-9)15(17,18)19/h1-6,8H,7H2. The maximum atomic E-state index is 12.7. The summed E-state index contributed by atoms with van der Waals surface area (Å²) in [6, 6.07) is 10.1. The lowest BCUT2D eigenvalue weighted by atomic mass is 10.0. The quantitative estimate of drug-likeness (QED) is 0.429. The zero-order valence-corrected chi connectivity index (χ0v) is 14.3. The molecule has 0 aliphatic carbocycles. The van der Waals surface area contributed by atoms with Crippen LogP contribution in [-0.4, -0.2) is 5.78 Å². The normalized spacial score (nSPS) is 11.5. The highest BCUT2D eigenvalue weighted by molar-refractivity contribution is 14.1. The van der Waals surface area contributed by atoms with E-state index in [1.165, 1.54) is 12.1 Å². The topological polar surface area (TPSA) is 17.1 Å². The van der Waals surface area contributed by atoms with E-state index in [0.717, 1.165) is 20.2 Å². The molecule has 0 heterocycles. The molecule has 0 N–H and O–H groups in total. The van der Waals surface area contributed by atoms with E-state index < -0.39 is 11.7 Å². The third kappa shape index (κ3) is 4.29. The van der Waals surface area contributed by atoms with E-state index in [4.69, 9.17) is 0 Å². The van der Waals surface area contributed by atoms with Crippen LogP contribution in [0, 0.1) is 3.57 Å². The van der Waals surface area contributed by atoms with Crippen LogP contribution < -0.4 is 0 Å². The van der Waals surface area contributed by atoms with E-state index in [1.807, 2.05) is 28.7 Å². The van der Waals surface area contributed by atoms with E-state index in [2.05, 4.69) is 15.9 Å². The van der Waals surface area contributed by atoms with Crippen LogP contribution >= 0.6 is 38.5 Å². The van der Waals surface area contributed by atoms with Gasteiger partial charge in [-0.2, -0.15) is 13.2 Å². The Morgan fingerprint density at radius 1 is 1.14 bits per heavy atom. The van der Waals surface area contributed by atoms with Crippen LogP contribution in [0.2, 0.25) is 0 Å². The molecular formula is C15H9BrF3IO. The van der Waals surface area contributed by atoms with Crippen molar-refractivity contribution >= 4 is 44.3 Å². The van der Waals surface area contributed by atoms with Gasteiger partial charge < -0.3 is 0 Å². The van der Waals surface area contributed by atoms with Crippen LogP contribution in [0.4, 0.5) is 13.2 Å². The summed E-state index contributed by atoms with van der Waals surface area (Å²) in [5, 5.41) is 0. The lowest BCUT2D eigenvalue weighted by Gasteiger charge is -2.09. The number of halogens is 5. The zero-order chi connectivity index (χ0) is 15.6.